The van der Waals surface area contributed by atoms with Crippen LogP contribution in [0.15, 0.2) is 53.4 Å². The number of rotatable bonds is 2. The molecular weight excluding hydrogens is 278 g/mol. The van der Waals surface area contributed by atoms with Gasteiger partial charge >= 0.3 is 0 Å². The zero-order chi connectivity index (χ0) is 14.1. The zero-order valence-electron chi connectivity index (χ0n) is 11.6. The lowest BCUT2D eigenvalue weighted by Crippen LogP contribution is -2.31. The van der Waals surface area contributed by atoms with Gasteiger partial charge in [0.05, 0.1) is 5.69 Å². The van der Waals surface area contributed by atoms with Gasteiger partial charge in [0.1, 0.15) is 0 Å². The number of nitrogens with zero attached hydrogens (tertiary/aromatic N) is 3. The van der Waals surface area contributed by atoms with Gasteiger partial charge in [-0.2, -0.15) is 11.3 Å². The van der Waals surface area contributed by atoms with Crippen molar-refractivity contribution >= 4 is 17.3 Å². The molecule has 0 atom stereocenters. The molecular formula is C17H15N3S. The van der Waals surface area contributed by atoms with Crippen molar-refractivity contribution < 1.29 is 0 Å². The lowest BCUT2D eigenvalue weighted by atomic mass is 10.0. The van der Waals surface area contributed by atoms with Crippen molar-refractivity contribution in [1.29, 1.82) is 0 Å². The molecule has 1 aromatic carbocycles. The molecule has 3 nitrogen and oxygen atoms in total. The number of aromatic nitrogens is 2. The maximum absolute atomic E-state index is 4.73. The van der Waals surface area contributed by atoms with Crippen molar-refractivity contribution in [3.63, 3.8) is 0 Å². The summed E-state index contributed by atoms with van der Waals surface area (Å²) in [5, 5.41) is 4.20. The molecule has 0 saturated carbocycles. The van der Waals surface area contributed by atoms with Gasteiger partial charge in [0.25, 0.3) is 0 Å². The third-order valence-corrected chi connectivity index (χ3v) is 4.56. The van der Waals surface area contributed by atoms with E-state index in [1.165, 1.54) is 16.7 Å². The summed E-state index contributed by atoms with van der Waals surface area (Å²) in [5.41, 5.74) is 5.00. The first-order valence-corrected chi connectivity index (χ1v) is 8.02. The van der Waals surface area contributed by atoms with Crippen LogP contribution in [-0.2, 0) is 13.0 Å². The fourth-order valence-corrected chi connectivity index (χ4v) is 3.39. The highest BCUT2D eigenvalue weighted by molar-refractivity contribution is 7.08. The van der Waals surface area contributed by atoms with Crippen molar-refractivity contribution in [1.82, 2.24) is 9.97 Å². The first-order valence-electron chi connectivity index (χ1n) is 7.07. The monoisotopic (exact) mass is 293 g/mol. The summed E-state index contributed by atoms with van der Waals surface area (Å²) in [6, 6.07) is 12.7. The molecule has 3 aromatic rings. The minimum absolute atomic E-state index is 0.827. The number of hydrogen-bond acceptors (Lipinski definition) is 4. The van der Waals surface area contributed by atoms with Gasteiger partial charge in [-0.25, -0.2) is 9.97 Å². The van der Waals surface area contributed by atoms with Crippen LogP contribution in [0.4, 0.5) is 5.95 Å². The van der Waals surface area contributed by atoms with E-state index in [4.69, 9.17) is 4.98 Å². The first-order chi connectivity index (χ1) is 10.4. The van der Waals surface area contributed by atoms with Crippen LogP contribution in [0.2, 0.25) is 0 Å². The van der Waals surface area contributed by atoms with Crippen LogP contribution < -0.4 is 4.90 Å². The van der Waals surface area contributed by atoms with E-state index < -0.39 is 0 Å². The number of fused-ring (bicyclic) bond motifs is 1. The van der Waals surface area contributed by atoms with E-state index in [1.807, 2.05) is 12.3 Å². The van der Waals surface area contributed by atoms with Gasteiger partial charge in [-0.05, 0) is 35.1 Å². The number of thiophene rings is 1. The third kappa shape index (κ3) is 2.43. The van der Waals surface area contributed by atoms with Gasteiger partial charge < -0.3 is 4.90 Å². The highest BCUT2D eigenvalue weighted by atomic mass is 32.1. The smallest absolute Gasteiger partial charge is 0.226 e. The average Bonchev–Trinajstić information content (AvgIpc) is 3.09. The van der Waals surface area contributed by atoms with Crippen molar-refractivity contribution in [2.75, 3.05) is 11.4 Å². The molecule has 21 heavy (non-hydrogen) atoms. The summed E-state index contributed by atoms with van der Waals surface area (Å²) in [7, 11) is 0. The molecule has 2 aromatic heterocycles. The van der Waals surface area contributed by atoms with Gasteiger partial charge in [0.2, 0.25) is 5.95 Å². The molecule has 0 radical (unpaired) electrons. The summed E-state index contributed by atoms with van der Waals surface area (Å²) in [5.74, 6) is 0.827. The first kappa shape index (κ1) is 12.5. The second-order valence-corrected chi connectivity index (χ2v) is 5.97. The second kappa shape index (κ2) is 5.30. The van der Waals surface area contributed by atoms with E-state index in [9.17, 15) is 0 Å². The molecule has 1 aliphatic heterocycles. The molecule has 4 heteroatoms. The zero-order valence-corrected chi connectivity index (χ0v) is 12.4. The van der Waals surface area contributed by atoms with Gasteiger partial charge in [0, 0.05) is 30.2 Å². The Hall–Kier alpha value is -2.20. The van der Waals surface area contributed by atoms with Gasteiger partial charge in [0.15, 0.2) is 0 Å². The summed E-state index contributed by atoms with van der Waals surface area (Å²) in [6.07, 6.45) is 2.91. The Morgan fingerprint density at radius 1 is 1.05 bits per heavy atom. The van der Waals surface area contributed by atoms with E-state index in [0.717, 1.165) is 31.2 Å². The lowest BCUT2D eigenvalue weighted by molar-refractivity contribution is 0.708. The van der Waals surface area contributed by atoms with Crippen LogP contribution in [0, 0.1) is 0 Å². The Kier molecular flexibility index (Phi) is 3.16. The Morgan fingerprint density at radius 2 is 1.95 bits per heavy atom. The Morgan fingerprint density at radius 3 is 2.81 bits per heavy atom. The summed E-state index contributed by atoms with van der Waals surface area (Å²) in [4.78, 5) is 11.5. The molecule has 1 aliphatic rings. The number of hydrogen-bond donors (Lipinski definition) is 0. The van der Waals surface area contributed by atoms with Crippen LogP contribution in [0.3, 0.4) is 0 Å². The summed E-state index contributed by atoms with van der Waals surface area (Å²) in [6.45, 7) is 1.87. The van der Waals surface area contributed by atoms with E-state index in [2.05, 4.69) is 51.0 Å². The number of anilines is 1. The highest BCUT2D eigenvalue weighted by Gasteiger charge is 2.18. The molecule has 0 spiro atoms. The van der Waals surface area contributed by atoms with Crippen LogP contribution in [0.25, 0.3) is 11.3 Å². The maximum Gasteiger partial charge on any atom is 0.226 e. The van der Waals surface area contributed by atoms with Gasteiger partial charge in [-0.1, -0.05) is 24.3 Å². The van der Waals surface area contributed by atoms with E-state index in [-0.39, 0.29) is 0 Å². The van der Waals surface area contributed by atoms with Crippen molar-refractivity contribution in [3.8, 4) is 11.3 Å². The molecule has 0 N–H and O–H groups in total. The topological polar surface area (TPSA) is 29.0 Å². The van der Waals surface area contributed by atoms with Crippen LogP contribution in [-0.4, -0.2) is 16.5 Å². The standard InChI is InChI=1S/C17H15N3S/c1-2-4-14-11-20(9-6-13(14)3-1)17-18-8-5-16(19-17)15-7-10-21-12-15/h1-5,7-8,10,12H,6,9,11H2. The Balaban J connectivity index is 1.65. The van der Waals surface area contributed by atoms with Crippen molar-refractivity contribution in [3.05, 3.63) is 64.5 Å². The number of benzene rings is 1. The third-order valence-electron chi connectivity index (χ3n) is 3.87. The predicted octanol–water partition coefficient (Wildman–Crippen LogP) is 3.77. The lowest BCUT2D eigenvalue weighted by Gasteiger charge is -2.28. The van der Waals surface area contributed by atoms with E-state index >= 15 is 0 Å². The predicted molar refractivity (Wildman–Crippen MR) is 86.5 cm³/mol. The second-order valence-electron chi connectivity index (χ2n) is 5.19. The molecule has 0 aliphatic carbocycles. The normalized spacial score (nSPS) is 14.0. The van der Waals surface area contributed by atoms with Crippen LogP contribution >= 0.6 is 11.3 Å². The highest BCUT2D eigenvalue weighted by Crippen LogP contribution is 2.25. The largest absolute Gasteiger partial charge is 0.336 e. The average molecular weight is 293 g/mol. The van der Waals surface area contributed by atoms with Crippen LogP contribution in [0.5, 0.6) is 0 Å². The SMILES string of the molecule is c1ccc2c(c1)CCN(c1nccc(-c3ccsc3)n1)C2. The fraction of sp³-hybridized carbons (Fsp3) is 0.176. The Labute approximate surface area is 127 Å². The summed E-state index contributed by atoms with van der Waals surface area (Å²) >= 11 is 1.69. The van der Waals surface area contributed by atoms with E-state index in [0.29, 0.717) is 0 Å². The van der Waals surface area contributed by atoms with Gasteiger partial charge in [-0.15, -0.1) is 0 Å². The fourth-order valence-electron chi connectivity index (χ4n) is 2.74. The van der Waals surface area contributed by atoms with Gasteiger partial charge in [-0.3, -0.25) is 0 Å². The molecule has 0 fully saturated rings. The molecule has 0 bridgehead atoms. The quantitative estimate of drug-likeness (QED) is 0.720. The molecule has 0 unspecified atom stereocenters. The summed E-state index contributed by atoms with van der Waals surface area (Å²) < 4.78 is 0. The van der Waals surface area contributed by atoms with E-state index in [1.54, 1.807) is 11.3 Å². The van der Waals surface area contributed by atoms with Crippen molar-refractivity contribution in [2.45, 2.75) is 13.0 Å². The molecule has 4 rings (SSSR count). The molecule has 0 saturated heterocycles. The molecule has 0 amide bonds. The van der Waals surface area contributed by atoms with Crippen molar-refractivity contribution in [2.24, 2.45) is 0 Å². The minimum atomic E-state index is 0.827. The van der Waals surface area contributed by atoms with Crippen LogP contribution in [0.1, 0.15) is 11.1 Å². The minimum Gasteiger partial charge on any atom is -0.336 e. The molecule has 104 valence electrons. The maximum atomic E-state index is 4.73. The molecule has 3 heterocycles. The Bertz CT molecular complexity index is 752.